The molecule has 3 aromatic heterocycles. The van der Waals surface area contributed by atoms with Crippen molar-refractivity contribution in [1.29, 1.82) is 0 Å². The van der Waals surface area contributed by atoms with Gasteiger partial charge in [-0.05, 0) is 18.9 Å². The predicted octanol–water partition coefficient (Wildman–Crippen LogP) is 1.64. The zero-order valence-corrected chi connectivity index (χ0v) is 16.4. The lowest BCUT2D eigenvalue weighted by molar-refractivity contribution is 0.145. The van der Waals surface area contributed by atoms with Gasteiger partial charge in [-0.3, -0.25) is 4.40 Å². The third-order valence-electron chi connectivity index (χ3n) is 4.64. The van der Waals surface area contributed by atoms with Gasteiger partial charge in [0.2, 0.25) is 10.0 Å². The van der Waals surface area contributed by atoms with Crippen LogP contribution in [0.2, 0.25) is 0 Å². The predicted molar refractivity (Wildman–Crippen MR) is 102 cm³/mol. The first kappa shape index (κ1) is 19.6. The fourth-order valence-electron chi connectivity index (χ4n) is 3.42. The van der Waals surface area contributed by atoms with E-state index in [9.17, 15) is 17.2 Å². The second-order valence-corrected chi connectivity index (χ2v) is 8.68. The first-order chi connectivity index (χ1) is 13.8. The summed E-state index contributed by atoms with van der Waals surface area (Å²) in [6.45, 7) is 1.21. The molecule has 4 rings (SSSR count). The number of alkyl halides is 2. The van der Waals surface area contributed by atoms with Gasteiger partial charge in [-0.2, -0.15) is 0 Å². The van der Waals surface area contributed by atoms with Crippen LogP contribution in [0.4, 0.5) is 14.6 Å². The first-order valence-corrected chi connectivity index (χ1v) is 10.9. The molecule has 1 fully saturated rings. The minimum atomic E-state index is -3.30. The van der Waals surface area contributed by atoms with Crippen LogP contribution in [0.3, 0.4) is 0 Å². The van der Waals surface area contributed by atoms with Crippen LogP contribution in [0.25, 0.3) is 17.2 Å². The molecule has 1 unspecified atom stereocenters. The van der Waals surface area contributed by atoms with Gasteiger partial charge in [0.15, 0.2) is 11.5 Å². The fraction of sp³-hybridized carbons (Fsp3) is 0.412. The number of fused-ring (bicyclic) bond motifs is 1. The highest BCUT2D eigenvalue weighted by Crippen LogP contribution is 2.24. The molecule has 154 valence electrons. The molecule has 3 aromatic rings. The molecular formula is C17H19F2N7O2S. The lowest BCUT2D eigenvalue weighted by Gasteiger charge is -2.33. The number of imidazole rings is 1. The van der Waals surface area contributed by atoms with E-state index in [2.05, 4.69) is 24.7 Å². The van der Waals surface area contributed by atoms with Gasteiger partial charge in [0, 0.05) is 31.5 Å². The maximum Gasteiger partial charge on any atom is 0.281 e. The zero-order chi connectivity index (χ0) is 20.6. The quantitative estimate of drug-likeness (QED) is 0.665. The molecule has 12 heteroatoms. The second-order valence-electron chi connectivity index (χ2n) is 6.90. The molecule has 0 spiro atoms. The third-order valence-corrected chi connectivity index (χ3v) is 5.40. The van der Waals surface area contributed by atoms with Crippen molar-refractivity contribution in [2.45, 2.75) is 25.3 Å². The van der Waals surface area contributed by atoms with Crippen LogP contribution in [0, 0.1) is 0 Å². The van der Waals surface area contributed by atoms with Crippen molar-refractivity contribution in [3.63, 3.8) is 0 Å². The zero-order valence-electron chi connectivity index (χ0n) is 15.5. The molecule has 0 amide bonds. The summed E-state index contributed by atoms with van der Waals surface area (Å²) in [5.74, 6) is 0.965. The molecule has 0 aromatic carbocycles. The Hall–Kier alpha value is -2.73. The van der Waals surface area contributed by atoms with Gasteiger partial charge >= 0.3 is 0 Å². The van der Waals surface area contributed by atoms with Crippen molar-refractivity contribution >= 4 is 21.5 Å². The Morgan fingerprint density at radius 2 is 2.07 bits per heavy atom. The summed E-state index contributed by atoms with van der Waals surface area (Å²) >= 11 is 0. The van der Waals surface area contributed by atoms with E-state index in [1.807, 2.05) is 4.90 Å². The SMILES string of the molecule is CS(=O)(=O)NC1CCCN(c2ccnc(-c3cnc4cnc(C(F)F)cn34)n2)C1. The van der Waals surface area contributed by atoms with Crippen LogP contribution in [0.1, 0.15) is 25.0 Å². The van der Waals surface area contributed by atoms with E-state index in [0.29, 0.717) is 29.5 Å². The molecule has 4 heterocycles. The smallest absolute Gasteiger partial charge is 0.281 e. The van der Waals surface area contributed by atoms with Crippen molar-refractivity contribution in [2.24, 2.45) is 0 Å². The summed E-state index contributed by atoms with van der Waals surface area (Å²) < 4.78 is 53.2. The molecule has 1 saturated heterocycles. The van der Waals surface area contributed by atoms with E-state index < -0.39 is 16.4 Å². The Morgan fingerprint density at radius 1 is 1.24 bits per heavy atom. The Bertz CT molecular complexity index is 1140. The highest BCUT2D eigenvalue weighted by atomic mass is 32.2. The van der Waals surface area contributed by atoms with Crippen molar-refractivity contribution in [3.05, 3.63) is 36.5 Å². The molecule has 1 N–H and O–H groups in total. The minimum absolute atomic E-state index is 0.201. The Kier molecular flexibility index (Phi) is 5.13. The number of anilines is 1. The van der Waals surface area contributed by atoms with E-state index in [0.717, 1.165) is 25.6 Å². The summed E-state index contributed by atoms with van der Waals surface area (Å²) in [5, 5.41) is 0. The highest BCUT2D eigenvalue weighted by Gasteiger charge is 2.24. The molecule has 0 saturated carbocycles. The lowest BCUT2D eigenvalue weighted by Crippen LogP contribution is -2.47. The Balaban J connectivity index is 1.64. The van der Waals surface area contributed by atoms with E-state index in [4.69, 9.17) is 0 Å². The van der Waals surface area contributed by atoms with Gasteiger partial charge in [-0.1, -0.05) is 0 Å². The molecule has 0 aliphatic carbocycles. The average Bonchev–Trinajstić information content (AvgIpc) is 3.10. The average molecular weight is 423 g/mol. The number of hydrogen-bond acceptors (Lipinski definition) is 7. The molecule has 1 aliphatic heterocycles. The van der Waals surface area contributed by atoms with Crippen LogP contribution < -0.4 is 9.62 Å². The van der Waals surface area contributed by atoms with Crippen LogP contribution in [0.5, 0.6) is 0 Å². The standard InChI is InChI=1S/C17H19F2N7O2S/c1-29(27,28)24-11-3-2-6-25(9-11)14-4-5-20-17(23-14)13-7-22-15-8-21-12(16(18)19)10-26(13)15/h4-5,7-8,10-11,16,24H,2-3,6,9H2,1H3. The van der Waals surface area contributed by atoms with E-state index in [1.54, 1.807) is 12.3 Å². The van der Waals surface area contributed by atoms with Crippen molar-refractivity contribution in [1.82, 2.24) is 29.1 Å². The van der Waals surface area contributed by atoms with E-state index in [1.165, 1.54) is 23.0 Å². The molecule has 0 radical (unpaired) electrons. The van der Waals surface area contributed by atoms with Crippen LogP contribution in [0.15, 0.2) is 30.9 Å². The number of aromatic nitrogens is 5. The first-order valence-electron chi connectivity index (χ1n) is 8.97. The summed E-state index contributed by atoms with van der Waals surface area (Å²) in [4.78, 5) is 18.7. The lowest BCUT2D eigenvalue weighted by atomic mass is 10.1. The highest BCUT2D eigenvalue weighted by molar-refractivity contribution is 7.88. The molecule has 0 bridgehead atoms. The number of nitrogens with one attached hydrogen (secondary N) is 1. The summed E-state index contributed by atoms with van der Waals surface area (Å²) in [6, 6.07) is 1.54. The molecule has 29 heavy (non-hydrogen) atoms. The molecule has 9 nitrogen and oxygen atoms in total. The number of sulfonamides is 1. The summed E-state index contributed by atoms with van der Waals surface area (Å²) in [6.07, 6.45) is 5.60. The van der Waals surface area contributed by atoms with Crippen LogP contribution in [-0.4, -0.2) is 58.1 Å². The molecule has 1 aliphatic rings. The van der Waals surface area contributed by atoms with Gasteiger partial charge in [0.05, 0.1) is 18.6 Å². The summed E-state index contributed by atoms with van der Waals surface area (Å²) in [7, 11) is -3.30. The van der Waals surface area contributed by atoms with Crippen molar-refractivity contribution < 1.29 is 17.2 Å². The van der Waals surface area contributed by atoms with Gasteiger partial charge in [-0.25, -0.2) is 41.9 Å². The maximum absolute atomic E-state index is 13.0. The van der Waals surface area contributed by atoms with E-state index in [-0.39, 0.29) is 11.7 Å². The van der Waals surface area contributed by atoms with Crippen LogP contribution in [-0.2, 0) is 10.0 Å². The van der Waals surface area contributed by atoms with Gasteiger partial charge in [0.25, 0.3) is 6.43 Å². The van der Waals surface area contributed by atoms with Gasteiger partial charge in [0.1, 0.15) is 17.2 Å². The second kappa shape index (κ2) is 7.59. The Morgan fingerprint density at radius 3 is 2.83 bits per heavy atom. The maximum atomic E-state index is 13.0. The fourth-order valence-corrected chi connectivity index (χ4v) is 4.21. The van der Waals surface area contributed by atoms with Crippen molar-refractivity contribution in [3.8, 4) is 11.5 Å². The third kappa shape index (κ3) is 4.32. The van der Waals surface area contributed by atoms with Gasteiger partial charge in [-0.15, -0.1) is 0 Å². The topological polar surface area (TPSA) is 105 Å². The number of rotatable bonds is 5. The molecule has 1 atom stereocenters. The number of nitrogens with zero attached hydrogens (tertiary/aromatic N) is 6. The van der Waals surface area contributed by atoms with Crippen LogP contribution >= 0.6 is 0 Å². The Labute approximate surface area is 165 Å². The largest absolute Gasteiger partial charge is 0.355 e. The van der Waals surface area contributed by atoms with Gasteiger partial charge < -0.3 is 4.90 Å². The monoisotopic (exact) mass is 423 g/mol. The molecular weight excluding hydrogens is 404 g/mol. The normalized spacial score (nSPS) is 17.9. The minimum Gasteiger partial charge on any atom is -0.355 e. The summed E-state index contributed by atoms with van der Waals surface area (Å²) in [5.41, 5.74) is 0.515. The van der Waals surface area contributed by atoms with Crippen molar-refractivity contribution in [2.75, 3.05) is 24.2 Å². The number of hydrogen-bond donors (Lipinski definition) is 1. The number of halogens is 2. The van der Waals surface area contributed by atoms with E-state index >= 15 is 0 Å². The number of piperidine rings is 1.